The summed E-state index contributed by atoms with van der Waals surface area (Å²) < 4.78 is 4.63. The van der Waals surface area contributed by atoms with Gasteiger partial charge in [-0.1, -0.05) is 0 Å². The Labute approximate surface area is 57.2 Å². The number of amides is 1. The Morgan fingerprint density at radius 2 is 2.33 bits per heavy atom. The van der Waals surface area contributed by atoms with Crippen molar-refractivity contribution in [1.29, 1.82) is 0 Å². The van der Waals surface area contributed by atoms with Crippen LogP contribution < -0.4 is 5.73 Å². The number of furan rings is 1. The molecule has 1 aromatic rings. The molecule has 0 spiro atoms. The minimum Gasteiger partial charge on any atom is -0.471 e. The van der Waals surface area contributed by atoms with E-state index >= 15 is 0 Å². The lowest BCUT2D eigenvalue weighted by molar-refractivity contribution is 0.0997. The van der Waals surface area contributed by atoms with Crippen molar-refractivity contribution in [3.05, 3.63) is 18.1 Å². The van der Waals surface area contributed by atoms with E-state index in [1.807, 2.05) is 0 Å². The van der Waals surface area contributed by atoms with E-state index in [-0.39, 0.29) is 0 Å². The molecule has 1 amide bonds. The minimum absolute atomic E-state index is 0.318. The van der Waals surface area contributed by atoms with E-state index in [1.54, 1.807) is 0 Å². The molecule has 1 heterocycles. The smallest absolute Gasteiger partial charge is 0.253 e. The van der Waals surface area contributed by atoms with Gasteiger partial charge in [0.2, 0.25) is 0 Å². The number of primary amides is 1. The number of rotatable bonds is 1. The van der Waals surface area contributed by atoms with Crippen LogP contribution in [0, 0.1) is 0 Å². The maximum absolute atomic E-state index is 10.4. The zero-order valence-electron chi connectivity index (χ0n) is 4.50. The summed E-state index contributed by atoms with van der Waals surface area (Å²) in [4.78, 5) is 10.9. The molecule has 0 saturated heterocycles. The van der Waals surface area contributed by atoms with Crippen molar-refractivity contribution in [2.45, 2.75) is 4.90 Å². The fourth-order valence-electron chi connectivity index (χ4n) is 0.475. The second-order valence-corrected chi connectivity index (χ2v) is 2.02. The largest absolute Gasteiger partial charge is 0.471 e. The van der Waals surface area contributed by atoms with Crippen LogP contribution in [0.15, 0.2) is 21.8 Å². The molecular formula is C5H5NO2S. The first-order valence-corrected chi connectivity index (χ1v) is 2.71. The summed E-state index contributed by atoms with van der Waals surface area (Å²) in [5.74, 6) is -0.520. The maximum Gasteiger partial charge on any atom is 0.253 e. The summed E-state index contributed by atoms with van der Waals surface area (Å²) in [6, 6.07) is 0. The van der Waals surface area contributed by atoms with E-state index in [1.165, 1.54) is 12.5 Å². The molecule has 0 saturated carbocycles. The molecule has 1 rings (SSSR count). The summed E-state index contributed by atoms with van der Waals surface area (Å²) in [6.07, 6.45) is 2.62. The van der Waals surface area contributed by atoms with Crippen LogP contribution in [0.1, 0.15) is 10.4 Å². The van der Waals surface area contributed by atoms with E-state index in [0.29, 0.717) is 10.5 Å². The molecule has 0 unspecified atom stereocenters. The van der Waals surface area contributed by atoms with Crippen molar-refractivity contribution in [3.63, 3.8) is 0 Å². The highest BCUT2D eigenvalue weighted by Gasteiger charge is 2.05. The van der Waals surface area contributed by atoms with Crippen LogP contribution in [0.5, 0.6) is 0 Å². The second-order valence-electron chi connectivity index (χ2n) is 1.53. The van der Waals surface area contributed by atoms with Crippen molar-refractivity contribution in [2.24, 2.45) is 5.73 Å². The summed E-state index contributed by atoms with van der Waals surface area (Å²) in [5, 5.41) is 0. The predicted octanol–water partition coefficient (Wildman–Crippen LogP) is 0.667. The average Bonchev–Trinajstić information content (AvgIpc) is 2.13. The van der Waals surface area contributed by atoms with E-state index in [0.717, 1.165) is 0 Å². The standard InChI is InChI=1S/C5H5NO2S/c6-5(7)3-1-8-2-4(3)9/h1-2,9H,(H2,6,7). The molecule has 0 fully saturated rings. The van der Waals surface area contributed by atoms with Gasteiger partial charge in [0.1, 0.15) is 12.5 Å². The molecule has 9 heavy (non-hydrogen) atoms. The monoisotopic (exact) mass is 143 g/mol. The molecule has 0 bridgehead atoms. The zero-order chi connectivity index (χ0) is 6.85. The van der Waals surface area contributed by atoms with E-state index in [4.69, 9.17) is 5.73 Å². The minimum atomic E-state index is -0.520. The van der Waals surface area contributed by atoms with Gasteiger partial charge in [-0.2, -0.15) is 0 Å². The van der Waals surface area contributed by atoms with Crippen LogP contribution in [0.25, 0.3) is 0 Å². The molecule has 0 atom stereocenters. The Balaban J connectivity index is 3.08. The quantitative estimate of drug-likeness (QED) is 0.567. The summed E-state index contributed by atoms with van der Waals surface area (Å²) in [5.41, 5.74) is 5.23. The van der Waals surface area contributed by atoms with Crippen LogP contribution in [0.4, 0.5) is 0 Å². The Bertz CT molecular complexity index is 231. The van der Waals surface area contributed by atoms with Gasteiger partial charge in [-0.15, -0.1) is 12.6 Å². The number of hydrogen-bond acceptors (Lipinski definition) is 3. The Morgan fingerprint density at radius 1 is 1.67 bits per heavy atom. The number of carbonyl (C=O) groups excluding carboxylic acids is 1. The third kappa shape index (κ3) is 1.08. The molecular weight excluding hydrogens is 138 g/mol. The Kier molecular flexibility index (Phi) is 1.48. The highest BCUT2D eigenvalue weighted by molar-refractivity contribution is 7.80. The van der Waals surface area contributed by atoms with Crippen LogP contribution in [0.2, 0.25) is 0 Å². The van der Waals surface area contributed by atoms with Gasteiger partial charge in [-0.25, -0.2) is 0 Å². The number of nitrogens with two attached hydrogens (primary N) is 1. The molecule has 0 aliphatic rings. The van der Waals surface area contributed by atoms with Crippen molar-refractivity contribution >= 4 is 18.5 Å². The highest BCUT2D eigenvalue weighted by Crippen LogP contribution is 2.12. The van der Waals surface area contributed by atoms with Crippen LogP contribution >= 0.6 is 12.6 Å². The normalized spacial score (nSPS) is 9.44. The third-order valence-electron chi connectivity index (χ3n) is 0.907. The number of carbonyl (C=O) groups is 1. The van der Waals surface area contributed by atoms with E-state index in [9.17, 15) is 4.79 Å². The lowest BCUT2D eigenvalue weighted by atomic mass is 10.3. The van der Waals surface area contributed by atoms with Gasteiger partial charge in [-0.3, -0.25) is 4.79 Å². The molecule has 3 nitrogen and oxygen atoms in total. The van der Waals surface area contributed by atoms with Gasteiger partial charge in [-0.05, 0) is 0 Å². The Hall–Kier alpha value is -0.900. The molecule has 1 aromatic heterocycles. The second kappa shape index (κ2) is 2.14. The van der Waals surface area contributed by atoms with Crippen LogP contribution in [-0.4, -0.2) is 5.91 Å². The van der Waals surface area contributed by atoms with Crippen LogP contribution in [-0.2, 0) is 0 Å². The van der Waals surface area contributed by atoms with Crippen LogP contribution in [0.3, 0.4) is 0 Å². The molecule has 0 aliphatic carbocycles. The van der Waals surface area contributed by atoms with Gasteiger partial charge in [0, 0.05) is 0 Å². The van der Waals surface area contributed by atoms with E-state index in [2.05, 4.69) is 17.0 Å². The maximum atomic E-state index is 10.4. The SMILES string of the molecule is NC(=O)c1cocc1S. The topological polar surface area (TPSA) is 56.2 Å². The fourth-order valence-corrected chi connectivity index (χ4v) is 0.698. The average molecular weight is 143 g/mol. The van der Waals surface area contributed by atoms with Gasteiger partial charge < -0.3 is 10.2 Å². The molecule has 0 aromatic carbocycles. The fraction of sp³-hybridized carbons (Fsp3) is 0. The zero-order valence-corrected chi connectivity index (χ0v) is 5.39. The highest BCUT2D eigenvalue weighted by atomic mass is 32.1. The van der Waals surface area contributed by atoms with Gasteiger partial charge in [0.25, 0.3) is 5.91 Å². The van der Waals surface area contributed by atoms with Gasteiger partial charge >= 0.3 is 0 Å². The number of hydrogen-bond donors (Lipinski definition) is 2. The first-order chi connectivity index (χ1) is 4.22. The van der Waals surface area contributed by atoms with E-state index < -0.39 is 5.91 Å². The molecule has 0 radical (unpaired) electrons. The van der Waals surface area contributed by atoms with Gasteiger partial charge in [0.15, 0.2) is 0 Å². The first kappa shape index (κ1) is 6.22. The lowest BCUT2D eigenvalue weighted by Gasteiger charge is -1.84. The Morgan fingerprint density at radius 3 is 2.56 bits per heavy atom. The molecule has 48 valence electrons. The first-order valence-electron chi connectivity index (χ1n) is 2.27. The summed E-state index contributed by atoms with van der Waals surface area (Å²) in [6.45, 7) is 0. The van der Waals surface area contributed by atoms with Crippen molar-refractivity contribution in [2.75, 3.05) is 0 Å². The summed E-state index contributed by atoms with van der Waals surface area (Å²) >= 11 is 3.89. The predicted molar refractivity (Wildman–Crippen MR) is 34.5 cm³/mol. The molecule has 4 heteroatoms. The molecule has 2 N–H and O–H groups in total. The summed E-state index contributed by atoms with van der Waals surface area (Å²) in [7, 11) is 0. The van der Waals surface area contributed by atoms with Crippen molar-refractivity contribution in [3.8, 4) is 0 Å². The molecule has 0 aliphatic heterocycles. The lowest BCUT2D eigenvalue weighted by Crippen LogP contribution is -2.09. The third-order valence-corrected chi connectivity index (χ3v) is 1.25. The van der Waals surface area contributed by atoms with Crippen molar-refractivity contribution < 1.29 is 9.21 Å². The van der Waals surface area contributed by atoms with Crippen molar-refractivity contribution in [1.82, 2.24) is 0 Å². The van der Waals surface area contributed by atoms with Gasteiger partial charge in [0.05, 0.1) is 10.5 Å². The number of thiol groups is 1.